The van der Waals surface area contributed by atoms with E-state index in [1.165, 1.54) is 29.5 Å². The molecule has 3 aromatic rings. The summed E-state index contributed by atoms with van der Waals surface area (Å²) in [6, 6.07) is 12.4. The molecule has 0 spiro atoms. The molecular weight excluding hydrogens is 361 g/mol. The standard InChI is InChI=1S/C18H16FNO3S2/c1-11(12-6-8-13(9-7-12)25(2,22)23)20-18(21)17-10-14-15(19)4-3-5-16(14)24-17/h3-11H,1-2H3,(H,20,21)/t11-/m1/s1. The third-order valence-corrected chi connectivity index (χ3v) is 6.12. The molecule has 0 bridgehead atoms. The van der Waals surface area contributed by atoms with Gasteiger partial charge in [0.2, 0.25) is 0 Å². The predicted molar refractivity (Wildman–Crippen MR) is 97.2 cm³/mol. The van der Waals surface area contributed by atoms with Crippen LogP contribution in [0.5, 0.6) is 0 Å². The van der Waals surface area contributed by atoms with Crippen LogP contribution in [-0.2, 0) is 9.84 Å². The number of rotatable bonds is 4. The van der Waals surface area contributed by atoms with Crippen molar-refractivity contribution < 1.29 is 17.6 Å². The monoisotopic (exact) mass is 377 g/mol. The van der Waals surface area contributed by atoms with Crippen molar-refractivity contribution in [1.29, 1.82) is 0 Å². The van der Waals surface area contributed by atoms with E-state index in [0.717, 1.165) is 16.5 Å². The molecular formula is C18H16FNO3S2. The van der Waals surface area contributed by atoms with E-state index < -0.39 is 9.84 Å². The Morgan fingerprint density at radius 2 is 1.84 bits per heavy atom. The summed E-state index contributed by atoms with van der Waals surface area (Å²) in [5.41, 5.74) is 0.785. The molecule has 0 aliphatic heterocycles. The van der Waals surface area contributed by atoms with Gasteiger partial charge in [0, 0.05) is 16.3 Å². The summed E-state index contributed by atoms with van der Waals surface area (Å²) in [7, 11) is -3.25. The molecule has 0 saturated heterocycles. The summed E-state index contributed by atoms with van der Waals surface area (Å²) in [5, 5.41) is 3.28. The average Bonchev–Trinajstić information content (AvgIpc) is 3.00. The lowest BCUT2D eigenvalue weighted by atomic mass is 10.1. The molecule has 130 valence electrons. The zero-order valence-electron chi connectivity index (χ0n) is 13.6. The van der Waals surface area contributed by atoms with Crippen molar-refractivity contribution in [2.45, 2.75) is 17.9 Å². The first-order valence-electron chi connectivity index (χ1n) is 7.54. The van der Waals surface area contributed by atoms with Gasteiger partial charge >= 0.3 is 0 Å². The summed E-state index contributed by atoms with van der Waals surface area (Å²) in [6.07, 6.45) is 1.15. The van der Waals surface area contributed by atoms with Crippen LogP contribution in [0.15, 0.2) is 53.4 Å². The molecule has 1 amide bonds. The third kappa shape index (κ3) is 3.72. The molecule has 0 saturated carbocycles. The minimum absolute atomic E-state index is 0.231. The highest BCUT2D eigenvalue weighted by Crippen LogP contribution is 2.28. The van der Waals surface area contributed by atoms with E-state index in [2.05, 4.69) is 5.32 Å². The average molecular weight is 377 g/mol. The molecule has 4 nitrogen and oxygen atoms in total. The van der Waals surface area contributed by atoms with Crippen LogP contribution in [0.25, 0.3) is 10.1 Å². The van der Waals surface area contributed by atoms with E-state index in [1.807, 2.05) is 0 Å². The summed E-state index contributed by atoms with van der Waals surface area (Å²) in [6.45, 7) is 1.81. The number of halogens is 1. The number of amides is 1. The number of fused-ring (bicyclic) bond motifs is 1. The third-order valence-electron chi connectivity index (χ3n) is 3.89. The Balaban J connectivity index is 1.78. The van der Waals surface area contributed by atoms with Crippen molar-refractivity contribution in [2.75, 3.05) is 6.26 Å². The van der Waals surface area contributed by atoms with E-state index in [0.29, 0.717) is 10.3 Å². The van der Waals surface area contributed by atoms with Crippen LogP contribution in [0.4, 0.5) is 4.39 Å². The van der Waals surface area contributed by atoms with Gasteiger partial charge in [-0.2, -0.15) is 0 Å². The van der Waals surface area contributed by atoms with E-state index in [9.17, 15) is 17.6 Å². The van der Waals surface area contributed by atoms with Gasteiger partial charge in [0.05, 0.1) is 15.8 Å². The van der Waals surface area contributed by atoms with Gasteiger partial charge in [-0.15, -0.1) is 11.3 Å². The first-order chi connectivity index (χ1) is 11.8. The second kappa shape index (κ2) is 6.57. The van der Waals surface area contributed by atoms with E-state index in [-0.39, 0.29) is 22.7 Å². The zero-order valence-corrected chi connectivity index (χ0v) is 15.2. The van der Waals surface area contributed by atoms with Gasteiger partial charge in [-0.3, -0.25) is 4.79 Å². The van der Waals surface area contributed by atoms with Gasteiger partial charge in [-0.1, -0.05) is 18.2 Å². The molecule has 7 heteroatoms. The van der Waals surface area contributed by atoms with Crippen LogP contribution in [0.2, 0.25) is 0 Å². The molecule has 3 rings (SSSR count). The van der Waals surface area contributed by atoms with Crippen molar-refractivity contribution in [3.63, 3.8) is 0 Å². The Bertz CT molecular complexity index is 1040. The second-order valence-electron chi connectivity index (χ2n) is 5.80. The molecule has 1 N–H and O–H groups in total. The normalized spacial score (nSPS) is 12.9. The van der Waals surface area contributed by atoms with E-state index in [4.69, 9.17) is 0 Å². The van der Waals surface area contributed by atoms with Crippen LogP contribution in [0, 0.1) is 5.82 Å². The van der Waals surface area contributed by atoms with Crippen LogP contribution in [0.3, 0.4) is 0 Å². The van der Waals surface area contributed by atoms with E-state index >= 15 is 0 Å². The van der Waals surface area contributed by atoms with Gasteiger partial charge in [0.25, 0.3) is 5.91 Å². The molecule has 1 heterocycles. The van der Waals surface area contributed by atoms with Crippen LogP contribution in [-0.4, -0.2) is 20.6 Å². The summed E-state index contributed by atoms with van der Waals surface area (Å²) < 4.78 is 37.4. The maximum Gasteiger partial charge on any atom is 0.261 e. The lowest BCUT2D eigenvalue weighted by molar-refractivity contribution is 0.0944. The number of sulfone groups is 1. The Kier molecular flexibility index (Phi) is 4.62. The maximum atomic E-state index is 13.8. The van der Waals surface area contributed by atoms with E-state index in [1.54, 1.807) is 37.3 Å². The smallest absolute Gasteiger partial charge is 0.261 e. The Hall–Kier alpha value is -2.25. The first kappa shape index (κ1) is 17.6. The highest BCUT2D eigenvalue weighted by Gasteiger charge is 2.16. The number of carbonyl (C=O) groups excluding carboxylic acids is 1. The molecule has 1 atom stereocenters. The fourth-order valence-electron chi connectivity index (χ4n) is 2.49. The first-order valence-corrected chi connectivity index (χ1v) is 10.3. The Morgan fingerprint density at radius 1 is 1.16 bits per heavy atom. The van der Waals surface area contributed by atoms with Gasteiger partial charge < -0.3 is 5.32 Å². The summed E-state index contributed by atoms with van der Waals surface area (Å²) in [4.78, 5) is 13.1. The van der Waals surface area contributed by atoms with Gasteiger partial charge in [0.1, 0.15) is 5.82 Å². The summed E-state index contributed by atoms with van der Waals surface area (Å²) in [5.74, 6) is -0.641. The molecule has 0 radical (unpaired) electrons. The second-order valence-corrected chi connectivity index (χ2v) is 8.90. The number of benzene rings is 2. The van der Waals surface area contributed by atoms with Gasteiger partial charge in [0.15, 0.2) is 9.84 Å². The fourth-order valence-corrected chi connectivity index (χ4v) is 4.10. The lowest BCUT2D eigenvalue weighted by Crippen LogP contribution is -2.25. The maximum absolute atomic E-state index is 13.8. The minimum atomic E-state index is -3.25. The molecule has 0 unspecified atom stereocenters. The quantitative estimate of drug-likeness (QED) is 0.749. The van der Waals surface area contributed by atoms with Crippen LogP contribution < -0.4 is 5.32 Å². The fraction of sp³-hybridized carbons (Fsp3) is 0.167. The number of carbonyl (C=O) groups is 1. The number of nitrogens with one attached hydrogen (secondary N) is 1. The summed E-state index contributed by atoms with van der Waals surface area (Å²) >= 11 is 1.23. The van der Waals surface area contributed by atoms with Crippen molar-refractivity contribution in [3.05, 3.63) is 64.8 Å². The Morgan fingerprint density at radius 3 is 2.44 bits per heavy atom. The topological polar surface area (TPSA) is 63.2 Å². The highest BCUT2D eigenvalue weighted by atomic mass is 32.2. The lowest BCUT2D eigenvalue weighted by Gasteiger charge is -2.14. The van der Waals surface area contributed by atoms with Gasteiger partial charge in [-0.05, 0) is 42.8 Å². The predicted octanol–water partition coefficient (Wildman–Crippen LogP) is 3.93. The zero-order chi connectivity index (χ0) is 18.2. The van der Waals surface area contributed by atoms with Crippen molar-refractivity contribution in [3.8, 4) is 0 Å². The Labute approximate surface area is 149 Å². The largest absolute Gasteiger partial charge is 0.345 e. The minimum Gasteiger partial charge on any atom is -0.345 e. The SMILES string of the molecule is C[C@@H](NC(=O)c1cc2c(F)cccc2s1)c1ccc(S(C)(=O)=O)cc1. The molecule has 1 aromatic heterocycles. The molecule has 25 heavy (non-hydrogen) atoms. The number of hydrogen-bond acceptors (Lipinski definition) is 4. The number of hydrogen-bond donors (Lipinski definition) is 1. The van der Waals surface area contributed by atoms with Crippen LogP contribution in [0.1, 0.15) is 28.2 Å². The highest BCUT2D eigenvalue weighted by molar-refractivity contribution is 7.90. The molecule has 0 fully saturated rings. The number of thiophene rings is 1. The molecule has 0 aliphatic rings. The molecule has 0 aliphatic carbocycles. The van der Waals surface area contributed by atoms with Crippen molar-refractivity contribution in [1.82, 2.24) is 5.32 Å². The van der Waals surface area contributed by atoms with Crippen molar-refractivity contribution in [2.24, 2.45) is 0 Å². The van der Waals surface area contributed by atoms with Crippen LogP contribution >= 0.6 is 11.3 Å². The molecule has 2 aromatic carbocycles. The van der Waals surface area contributed by atoms with Crippen molar-refractivity contribution >= 4 is 37.2 Å². The van der Waals surface area contributed by atoms with Gasteiger partial charge in [-0.25, -0.2) is 12.8 Å².